The molecule has 0 aliphatic heterocycles. The van der Waals surface area contributed by atoms with Crippen LogP contribution in [0, 0.1) is 6.92 Å². The highest BCUT2D eigenvalue weighted by Gasteiger charge is 2.25. The summed E-state index contributed by atoms with van der Waals surface area (Å²) in [7, 11) is 0. The molecule has 0 saturated carbocycles. The molecule has 2 heterocycles. The summed E-state index contributed by atoms with van der Waals surface area (Å²) in [6.07, 6.45) is 5.05. The number of nitrogens with one attached hydrogen (secondary N) is 1. The zero-order valence-corrected chi connectivity index (χ0v) is 15.4. The molecule has 2 aromatic heterocycles. The molecule has 0 bridgehead atoms. The number of hydrogen-bond acceptors (Lipinski definition) is 3. The molecule has 1 atom stereocenters. The van der Waals surface area contributed by atoms with Gasteiger partial charge in [-0.1, -0.05) is 35.9 Å². The van der Waals surface area contributed by atoms with Crippen molar-refractivity contribution in [2.75, 3.05) is 5.32 Å². The summed E-state index contributed by atoms with van der Waals surface area (Å²) in [6.45, 7) is 1.97. The summed E-state index contributed by atoms with van der Waals surface area (Å²) in [6, 6.07) is 12.1. The van der Waals surface area contributed by atoms with E-state index in [-0.39, 0.29) is 11.9 Å². The molecular weight excluding hydrogens is 354 g/mol. The topological polar surface area (TPSA) is 46.9 Å². The lowest BCUT2D eigenvalue weighted by molar-refractivity contribution is 0.102. The molecule has 6 heteroatoms. The third-order valence-corrected chi connectivity index (χ3v) is 5.87. The van der Waals surface area contributed by atoms with Crippen LogP contribution in [0.5, 0.6) is 0 Å². The highest BCUT2D eigenvalue weighted by molar-refractivity contribution is 7.18. The molecule has 25 heavy (non-hydrogen) atoms. The number of fused-ring (bicyclic) bond motifs is 1. The molecule has 1 amide bonds. The van der Waals surface area contributed by atoms with Gasteiger partial charge in [0.15, 0.2) is 0 Å². The van der Waals surface area contributed by atoms with E-state index in [1.165, 1.54) is 22.5 Å². The van der Waals surface area contributed by atoms with Gasteiger partial charge in [0.25, 0.3) is 5.91 Å². The monoisotopic (exact) mass is 371 g/mol. The van der Waals surface area contributed by atoms with Gasteiger partial charge in [0.1, 0.15) is 5.82 Å². The first-order valence-corrected chi connectivity index (χ1v) is 9.51. The lowest BCUT2D eigenvalue weighted by atomic mass is 9.88. The standard InChI is InChI=1S/C19H18ClN3OS/c1-12-11-21-23(15-8-4-6-13-5-2-3-7-14(13)15)18(12)22-19(24)16-9-10-17(20)25-16/h2-3,5,7,9-11,15H,4,6,8H2,1H3,(H,22,24). The van der Waals surface area contributed by atoms with Crippen LogP contribution in [-0.2, 0) is 6.42 Å². The Kier molecular flexibility index (Phi) is 4.36. The molecule has 0 spiro atoms. The lowest BCUT2D eigenvalue weighted by Crippen LogP contribution is -2.22. The van der Waals surface area contributed by atoms with Gasteiger partial charge in [-0.3, -0.25) is 4.79 Å². The van der Waals surface area contributed by atoms with Crippen LogP contribution in [0.2, 0.25) is 4.34 Å². The second-order valence-corrected chi connectivity index (χ2v) is 8.00. The van der Waals surface area contributed by atoms with E-state index >= 15 is 0 Å². The smallest absolute Gasteiger partial charge is 0.266 e. The van der Waals surface area contributed by atoms with Gasteiger partial charge in [-0.05, 0) is 49.4 Å². The molecule has 1 N–H and O–H groups in total. The summed E-state index contributed by atoms with van der Waals surface area (Å²) in [5, 5.41) is 7.60. The van der Waals surface area contributed by atoms with E-state index in [0.717, 1.165) is 30.6 Å². The number of amides is 1. The molecule has 0 radical (unpaired) electrons. The summed E-state index contributed by atoms with van der Waals surface area (Å²) >= 11 is 7.23. The molecule has 4 nitrogen and oxygen atoms in total. The summed E-state index contributed by atoms with van der Waals surface area (Å²) in [5.74, 6) is 0.613. The van der Waals surface area contributed by atoms with Gasteiger partial charge in [0.2, 0.25) is 0 Å². The summed E-state index contributed by atoms with van der Waals surface area (Å²) in [4.78, 5) is 13.2. The number of benzene rings is 1. The summed E-state index contributed by atoms with van der Waals surface area (Å²) < 4.78 is 2.57. The molecule has 0 saturated heterocycles. The number of thiophene rings is 1. The Hall–Kier alpha value is -2.11. The van der Waals surface area contributed by atoms with Gasteiger partial charge >= 0.3 is 0 Å². The van der Waals surface area contributed by atoms with E-state index in [2.05, 4.69) is 34.7 Å². The Morgan fingerprint density at radius 3 is 2.96 bits per heavy atom. The average molecular weight is 372 g/mol. The number of anilines is 1. The van der Waals surface area contributed by atoms with Gasteiger partial charge in [0, 0.05) is 5.56 Å². The Morgan fingerprint density at radius 1 is 1.32 bits per heavy atom. The quantitative estimate of drug-likeness (QED) is 0.697. The van der Waals surface area contributed by atoms with Crippen molar-refractivity contribution < 1.29 is 4.79 Å². The van der Waals surface area contributed by atoms with Crippen LogP contribution in [0.4, 0.5) is 5.82 Å². The predicted molar refractivity (Wildman–Crippen MR) is 102 cm³/mol. The van der Waals surface area contributed by atoms with Crippen LogP contribution in [-0.4, -0.2) is 15.7 Å². The van der Waals surface area contributed by atoms with Gasteiger partial charge in [0.05, 0.1) is 21.5 Å². The summed E-state index contributed by atoms with van der Waals surface area (Å²) in [5.41, 5.74) is 3.62. The Balaban J connectivity index is 1.68. The van der Waals surface area contributed by atoms with Gasteiger partial charge < -0.3 is 5.32 Å². The second kappa shape index (κ2) is 6.65. The number of rotatable bonds is 3. The highest BCUT2D eigenvalue weighted by atomic mass is 35.5. The lowest BCUT2D eigenvalue weighted by Gasteiger charge is -2.27. The Labute approximate surface area is 155 Å². The maximum atomic E-state index is 12.6. The first kappa shape index (κ1) is 16.4. The molecule has 1 aliphatic carbocycles. The number of carbonyl (C=O) groups is 1. The molecule has 1 aromatic carbocycles. The molecular formula is C19H18ClN3OS. The minimum absolute atomic E-state index is 0.147. The van der Waals surface area contributed by atoms with Gasteiger partial charge in [-0.2, -0.15) is 5.10 Å². The normalized spacial score (nSPS) is 16.5. The van der Waals surface area contributed by atoms with E-state index < -0.39 is 0 Å². The number of hydrogen-bond donors (Lipinski definition) is 1. The van der Waals surface area contributed by atoms with Crippen LogP contribution in [0.15, 0.2) is 42.6 Å². The fraction of sp³-hybridized carbons (Fsp3) is 0.263. The zero-order valence-electron chi connectivity index (χ0n) is 13.8. The average Bonchev–Trinajstić information content (AvgIpc) is 3.21. The number of halogens is 1. The van der Waals surface area contributed by atoms with Crippen LogP contribution in [0.25, 0.3) is 0 Å². The SMILES string of the molecule is Cc1cnn(C2CCCc3ccccc32)c1NC(=O)c1ccc(Cl)s1. The van der Waals surface area contributed by atoms with E-state index in [1.807, 2.05) is 17.8 Å². The van der Waals surface area contributed by atoms with Crippen LogP contribution >= 0.6 is 22.9 Å². The number of aryl methyl sites for hydroxylation is 2. The molecule has 128 valence electrons. The van der Waals surface area contributed by atoms with Crippen molar-refractivity contribution >= 4 is 34.7 Å². The van der Waals surface area contributed by atoms with Crippen molar-refractivity contribution in [1.29, 1.82) is 0 Å². The number of aromatic nitrogens is 2. The molecule has 1 unspecified atom stereocenters. The van der Waals surface area contributed by atoms with E-state index in [4.69, 9.17) is 11.6 Å². The first-order valence-electron chi connectivity index (χ1n) is 8.32. The van der Waals surface area contributed by atoms with Crippen LogP contribution in [0.1, 0.15) is 45.2 Å². The van der Waals surface area contributed by atoms with E-state index in [1.54, 1.807) is 12.1 Å². The van der Waals surface area contributed by atoms with E-state index in [0.29, 0.717) is 9.21 Å². The zero-order chi connectivity index (χ0) is 17.4. The number of carbonyl (C=O) groups excluding carboxylic acids is 1. The van der Waals surface area contributed by atoms with Gasteiger partial charge in [-0.15, -0.1) is 11.3 Å². The van der Waals surface area contributed by atoms with E-state index in [9.17, 15) is 4.79 Å². The fourth-order valence-electron chi connectivity index (χ4n) is 3.43. The van der Waals surface area contributed by atoms with Crippen molar-refractivity contribution in [1.82, 2.24) is 9.78 Å². The van der Waals surface area contributed by atoms with Crippen LogP contribution in [0.3, 0.4) is 0 Å². The minimum atomic E-state index is -0.147. The molecule has 3 aromatic rings. The van der Waals surface area contributed by atoms with Crippen molar-refractivity contribution in [2.24, 2.45) is 0 Å². The minimum Gasteiger partial charge on any atom is -0.306 e. The fourth-order valence-corrected chi connectivity index (χ4v) is 4.37. The number of nitrogens with zero attached hydrogens (tertiary/aromatic N) is 2. The highest BCUT2D eigenvalue weighted by Crippen LogP contribution is 2.35. The predicted octanol–water partition coefficient (Wildman–Crippen LogP) is 5.08. The maximum absolute atomic E-state index is 12.6. The van der Waals surface area contributed by atoms with Crippen molar-refractivity contribution in [3.63, 3.8) is 0 Å². The largest absolute Gasteiger partial charge is 0.306 e. The van der Waals surface area contributed by atoms with Crippen LogP contribution < -0.4 is 5.32 Å². The van der Waals surface area contributed by atoms with Crippen molar-refractivity contribution in [2.45, 2.75) is 32.2 Å². The third kappa shape index (κ3) is 3.10. The van der Waals surface area contributed by atoms with Gasteiger partial charge in [-0.25, -0.2) is 4.68 Å². The molecule has 1 aliphatic rings. The molecule has 4 rings (SSSR count). The first-order chi connectivity index (χ1) is 12.1. The van der Waals surface area contributed by atoms with Crippen molar-refractivity contribution in [3.8, 4) is 0 Å². The third-order valence-electron chi connectivity index (χ3n) is 4.64. The van der Waals surface area contributed by atoms with Crippen molar-refractivity contribution in [3.05, 3.63) is 68.5 Å². The second-order valence-electron chi connectivity index (χ2n) is 6.29. The maximum Gasteiger partial charge on any atom is 0.266 e. The Bertz CT molecular complexity index is 930. The molecule has 0 fully saturated rings. The Morgan fingerprint density at radius 2 is 2.16 bits per heavy atom.